The van der Waals surface area contributed by atoms with Crippen LogP contribution in [0.5, 0.6) is 11.5 Å². The molecule has 4 N–H and O–H groups in total. The highest BCUT2D eigenvalue weighted by Gasteiger charge is 2.24. The van der Waals surface area contributed by atoms with E-state index < -0.39 is 0 Å². The van der Waals surface area contributed by atoms with Crippen molar-refractivity contribution in [3.05, 3.63) is 35.4 Å². The monoisotopic (exact) mass is 352 g/mol. The molecule has 1 aromatic carbocycles. The van der Waals surface area contributed by atoms with E-state index in [1.165, 1.54) is 0 Å². The van der Waals surface area contributed by atoms with E-state index in [-0.39, 0.29) is 23.6 Å². The second-order valence-electron chi connectivity index (χ2n) is 6.83. The van der Waals surface area contributed by atoms with Gasteiger partial charge in [0.1, 0.15) is 23.4 Å². The lowest BCUT2D eigenvalue weighted by molar-refractivity contribution is 0.242. The number of nitriles is 1. The quantitative estimate of drug-likeness (QED) is 0.781. The van der Waals surface area contributed by atoms with Gasteiger partial charge in [-0.15, -0.1) is 0 Å². The van der Waals surface area contributed by atoms with Crippen molar-refractivity contribution in [1.29, 1.82) is 5.26 Å². The summed E-state index contributed by atoms with van der Waals surface area (Å²) >= 11 is 0. The predicted octanol–water partition coefficient (Wildman–Crippen LogP) is 3.16. The van der Waals surface area contributed by atoms with E-state index in [9.17, 15) is 10.4 Å². The van der Waals surface area contributed by atoms with Gasteiger partial charge in [0.25, 0.3) is 0 Å². The molecular formula is C20H24N4O2. The molecule has 0 bridgehead atoms. The van der Waals surface area contributed by atoms with Crippen LogP contribution in [0, 0.1) is 11.3 Å². The van der Waals surface area contributed by atoms with Gasteiger partial charge in [-0.2, -0.15) is 5.26 Å². The number of phenols is 1. The number of aromatic nitrogens is 1. The number of nitrogen functional groups attached to an aromatic ring is 1. The van der Waals surface area contributed by atoms with Crippen LogP contribution in [0.25, 0.3) is 11.3 Å². The number of anilines is 1. The lowest BCUT2D eigenvalue weighted by Crippen LogP contribution is -2.29. The number of pyridine rings is 1. The van der Waals surface area contributed by atoms with E-state index in [1.54, 1.807) is 18.2 Å². The molecule has 2 aromatic rings. The van der Waals surface area contributed by atoms with E-state index in [2.05, 4.69) is 16.4 Å². The van der Waals surface area contributed by atoms with Crippen molar-refractivity contribution in [2.75, 3.05) is 18.8 Å². The summed E-state index contributed by atoms with van der Waals surface area (Å²) in [7, 11) is 0. The lowest BCUT2D eigenvalue weighted by atomic mass is 9.88. The van der Waals surface area contributed by atoms with Crippen LogP contribution in [-0.4, -0.2) is 29.3 Å². The molecule has 0 amide bonds. The van der Waals surface area contributed by atoms with Crippen LogP contribution in [-0.2, 0) is 0 Å². The van der Waals surface area contributed by atoms with Crippen molar-refractivity contribution in [1.82, 2.24) is 10.3 Å². The smallest absolute Gasteiger partial charge is 0.142 e. The molecule has 6 heteroatoms. The zero-order chi connectivity index (χ0) is 18.7. The Labute approximate surface area is 153 Å². The molecule has 136 valence electrons. The molecule has 0 aliphatic carbocycles. The number of piperidine rings is 1. The Morgan fingerprint density at radius 2 is 2.23 bits per heavy atom. The van der Waals surface area contributed by atoms with Gasteiger partial charge in [-0.05, 0) is 62.9 Å². The number of phenolic OH excluding ortho intramolecular Hbond substituents is 1. The Morgan fingerprint density at radius 3 is 2.88 bits per heavy atom. The number of rotatable bonds is 4. The normalized spacial score (nSPS) is 17.1. The van der Waals surface area contributed by atoms with E-state index in [0.29, 0.717) is 22.6 Å². The highest BCUT2D eigenvalue weighted by Crippen LogP contribution is 2.40. The number of nitrogens with two attached hydrogens (primary N) is 1. The molecule has 1 atom stereocenters. The topological polar surface area (TPSA) is 104 Å². The molecule has 6 nitrogen and oxygen atoms in total. The number of hydrogen-bond donors (Lipinski definition) is 3. The standard InChI is InChI=1S/C20H24N4O2/c1-12(2)26-18-7-3-6-17(25)19(18)16-9-14(13-5-4-8-23-11-13)15(10-21)20(22)24-16/h3,6-7,9,12-13,23,25H,4-5,8,11H2,1-2H3,(H2,22,24). The first-order chi connectivity index (χ1) is 12.5. The molecule has 1 aliphatic heterocycles. The molecule has 0 spiro atoms. The van der Waals surface area contributed by atoms with Crippen LogP contribution >= 0.6 is 0 Å². The Balaban J connectivity index is 2.15. The van der Waals surface area contributed by atoms with E-state index in [4.69, 9.17) is 10.5 Å². The minimum Gasteiger partial charge on any atom is -0.507 e. The van der Waals surface area contributed by atoms with Gasteiger partial charge in [-0.1, -0.05) is 6.07 Å². The summed E-state index contributed by atoms with van der Waals surface area (Å²) in [6, 6.07) is 9.19. The average Bonchev–Trinajstić information content (AvgIpc) is 2.61. The number of benzene rings is 1. The first kappa shape index (κ1) is 18.0. The fourth-order valence-corrected chi connectivity index (χ4v) is 3.40. The number of aromatic hydroxyl groups is 1. The molecule has 1 saturated heterocycles. The largest absolute Gasteiger partial charge is 0.507 e. The highest BCUT2D eigenvalue weighted by molar-refractivity contribution is 5.76. The van der Waals surface area contributed by atoms with Crippen LogP contribution in [0.3, 0.4) is 0 Å². The third-order valence-corrected chi connectivity index (χ3v) is 4.55. The fourth-order valence-electron chi connectivity index (χ4n) is 3.40. The van der Waals surface area contributed by atoms with E-state index >= 15 is 0 Å². The first-order valence-corrected chi connectivity index (χ1v) is 8.91. The Bertz CT molecular complexity index is 836. The van der Waals surface area contributed by atoms with Crippen LogP contribution in [0.2, 0.25) is 0 Å². The maximum Gasteiger partial charge on any atom is 0.142 e. The van der Waals surface area contributed by atoms with Crippen LogP contribution < -0.4 is 15.8 Å². The van der Waals surface area contributed by atoms with Crippen LogP contribution in [0.15, 0.2) is 24.3 Å². The molecule has 0 radical (unpaired) electrons. The maximum atomic E-state index is 10.4. The van der Waals surface area contributed by atoms with E-state index in [0.717, 1.165) is 31.5 Å². The molecule has 0 saturated carbocycles. The Kier molecular flexibility index (Phi) is 5.29. The fraction of sp³-hybridized carbons (Fsp3) is 0.400. The summed E-state index contributed by atoms with van der Waals surface area (Å²) in [6.45, 7) is 5.63. The van der Waals surface area contributed by atoms with Crippen molar-refractivity contribution >= 4 is 5.82 Å². The molecule has 1 unspecified atom stereocenters. The zero-order valence-corrected chi connectivity index (χ0v) is 15.1. The molecule has 3 rings (SSSR count). The summed E-state index contributed by atoms with van der Waals surface area (Å²) in [6.07, 6.45) is 1.99. The zero-order valence-electron chi connectivity index (χ0n) is 15.1. The van der Waals surface area contributed by atoms with Crippen molar-refractivity contribution in [2.24, 2.45) is 0 Å². The highest BCUT2D eigenvalue weighted by atomic mass is 16.5. The summed E-state index contributed by atoms with van der Waals surface area (Å²) in [5.74, 6) is 1.00. The predicted molar refractivity (Wildman–Crippen MR) is 101 cm³/mol. The van der Waals surface area contributed by atoms with Gasteiger partial charge in [-0.25, -0.2) is 4.98 Å². The van der Waals surface area contributed by atoms with Crippen LogP contribution in [0.4, 0.5) is 5.82 Å². The number of nitrogens with zero attached hydrogens (tertiary/aromatic N) is 2. The van der Waals surface area contributed by atoms with Gasteiger partial charge in [0.15, 0.2) is 0 Å². The molecule has 1 aromatic heterocycles. The molecular weight excluding hydrogens is 328 g/mol. The maximum absolute atomic E-state index is 10.4. The summed E-state index contributed by atoms with van der Waals surface area (Å²) in [4.78, 5) is 4.39. The van der Waals surface area contributed by atoms with Crippen LogP contribution in [0.1, 0.15) is 43.7 Å². The van der Waals surface area contributed by atoms with Crippen molar-refractivity contribution in [2.45, 2.75) is 38.7 Å². The Hall–Kier alpha value is -2.78. The van der Waals surface area contributed by atoms with Gasteiger partial charge >= 0.3 is 0 Å². The van der Waals surface area contributed by atoms with Gasteiger partial charge < -0.3 is 20.9 Å². The third-order valence-electron chi connectivity index (χ3n) is 4.55. The molecule has 1 aliphatic rings. The SMILES string of the molecule is CC(C)Oc1cccc(O)c1-c1cc(C2CCCNC2)c(C#N)c(N)n1. The van der Waals surface area contributed by atoms with Gasteiger partial charge in [0.2, 0.25) is 0 Å². The van der Waals surface area contributed by atoms with Gasteiger partial charge in [0, 0.05) is 6.54 Å². The summed E-state index contributed by atoms with van der Waals surface area (Å²) in [5, 5.41) is 23.4. The number of ether oxygens (including phenoxy) is 1. The second kappa shape index (κ2) is 7.63. The summed E-state index contributed by atoms with van der Waals surface area (Å²) in [5.41, 5.74) is 8.42. The van der Waals surface area contributed by atoms with Crippen molar-refractivity contribution < 1.29 is 9.84 Å². The van der Waals surface area contributed by atoms with Gasteiger partial charge in [-0.3, -0.25) is 0 Å². The number of hydrogen-bond acceptors (Lipinski definition) is 6. The minimum absolute atomic E-state index is 0.0479. The molecule has 2 heterocycles. The number of nitrogens with one attached hydrogen (secondary N) is 1. The van der Waals surface area contributed by atoms with Crippen molar-refractivity contribution in [3.8, 4) is 28.8 Å². The second-order valence-corrected chi connectivity index (χ2v) is 6.83. The average molecular weight is 352 g/mol. The van der Waals surface area contributed by atoms with Crippen molar-refractivity contribution in [3.63, 3.8) is 0 Å². The first-order valence-electron chi connectivity index (χ1n) is 8.91. The lowest BCUT2D eigenvalue weighted by Gasteiger charge is -2.25. The third kappa shape index (κ3) is 3.58. The Morgan fingerprint density at radius 1 is 1.42 bits per heavy atom. The minimum atomic E-state index is -0.0479. The molecule has 26 heavy (non-hydrogen) atoms. The van der Waals surface area contributed by atoms with Gasteiger partial charge in [0.05, 0.1) is 22.9 Å². The van der Waals surface area contributed by atoms with E-state index in [1.807, 2.05) is 19.9 Å². The molecule has 1 fully saturated rings. The summed E-state index contributed by atoms with van der Waals surface area (Å²) < 4.78 is 5.84.